The lowest BCUT2D eigenvalue weighted by atomic mass is 10.1. The van der Waals surface area contributed by atoms with Crippen LogP contribution in [-0.4, -0.2) is 13.1 Å². The highest BCUT2D eigenvalue weighted by Gasteiger charge is 2.08. The molecule has 15 heavy (non-hydrogen) atoms. The second-order valence-electron chi connectivity index (χ2n) is 3.17. The predicted octanol–water partition coefficient (Wildman–Crippen LogP) is 2.02. The van der Waals surface area contributed by atoms with E-state index in [0.717, 1.165) is 12.0 Å². The number of sulfonamides is 1. The van der Waals surface area contributed by atoms with Crippen molar-refractivity contribution >= 4 is 26.0 Å². The predicted molar refractivity (Wildman–Crippen MR) is 65.4 cm³/mol. The van der Waals surface area contributed by atoms with Crippen LogP contribution in [0.1, 0.15) is 18.1 Å². The van der Waals surface area contributed by atoms with Gasteiger partial charge in [0.1, 0.15) is 4.66 Å². The number of benzene rings is 1. The molecule has 0 amide bonds. The molecule has 0 aromatic heterocycles. The number of aryl methyl sites for hydroxylation is 1. The van der Waals surface area contributed by atoms with Crippen molar-refractivity contribution in [3.05, 3.63) is 35.4 Å². The van der Waals surface area contributed by atoms with Gasteiger partial charge in [0.05, 0.1) is 0 Å². The first-order chi connectivity index (χ1) is 7.09. The Morgan fingerprint density at radius 1 is 1.27 bits per heavy atom. The second-order valence-corrected chi connectivity index (χ2v) is 6.28. The van der Waals surface area contributed by atoms with Crippen LogP contribution >= 0.6 is 15.9 Å². The monoisotopic (exact) mass is 291 g/mol. The SMILES string of the molecule is CCc1ccccc1CNS(=O)(=O)CBr. The zero-order valence-corrected chi connectivity index (χ0v) is 10.9. The summed E-state index contributed by atoms with van der Waals surface area (Å²) in [6.45, 7) is 2.41. The van der Waals surface area contributed by atoms with Crippen LogP contribution in [0.25, 0.3) is 0 Å². The Morgan fingerprint density at radius 3 is 2.40 bits per heavy atom. The van der Waals surface area contributed by atoms with E-state index in [1.165, 1.54) is 5.56 Å². The molecule has 0 heterocycles. The normalized spacial score (nSPS) is 11.6. The van der Waals surface area contributed by atoms with Crippen LogP contribution in [-0.2, 0) is 23.0 Å². The van der Waals surface area contributed by atoms with E-state index in [9.17, 15) is 8.42 Å². The Hall–Kier alpha value is -0.390. The highest BCUT2D eigenvalue weighted by molar-refractivity contribution is 9.10. The van der Waals surface area contributed by atoms with Gasteiger partial charge in [-0.2, -0.15) is 0 Å². The Bertz CT molecular complexity index is 417. The molecule has 5 heteroatoms. The Balaban J connectivity index is 2.73. The fourth-order valence-electron chi connectivity index (χ4n) is 1.30. The second kappa shape index (κ2) is 5.63. The third-order valence-corrected chi connectivity index (χ3v) is 4.81. The lowest BCUT2D eigenvalue weighted by molar-refractivity contribution is 0.586. The summed E-state index contributed by atoms with van der Waals surface area (Å²) in [6.07, 6.45) is 0.909. The van der Waals surface area contributed by atoms with Crippen LogP contribution < -0.4 is 4.72 Å². The molecule has 1 aromatic rings. The third-order valence-electron chi connectivity index (χ3n) is 2.13. The molecule has 0 saturated heterocycles. The summed E-state index contributed by atoms with van der Waals surface area (Å²) >= 11 is 2.93. The lowest BCUT2D eigenvalue weighted by Gasteiger charge is -2.08. The minimum absolute atomic E-state index is 0.0612. The Kier molecular flexibility index (Phi) is 4.76. The van der Waals surface area contributed by atoms with E-state index >= 15 is 0 Å². The van der Waals surface area contributed by atoms with Gasteiger partial charge in [0.15, 0.2) is 0 Å². The maximum atomic E-state index is 11.2. The fraction of sp³-hybridized carbons (Fsp3) is 0.400. The molecule has 3 nitrogen and oxygen atoms in total. The van der Waals surface area contributed by atoms with Gasteiger partial charge in [0.25, 0.3) is 0 Å². The number of halogens is 1. The average Bonchev–Trinajstić information content (AvgIpc) is 2.27. The molecule has 84 valence electrons. The summed E-state index contributed by atoms with van der Waals surface area (Å²) < 4.78 is 24.9. The highest BCUT2D eigenvalue weighted by atomic mass is 79.9. The quantitative estimate of drug-likeness (QED) is 0.844. The topological polar surface area (TPSA) is 46.2 Å². The van der Waals surface area contributed by atoms with Crippen molar-refractivity contribution in [1.29, 1.82) is 0 Å². The first-order valence-corrected chi connectivity index (χ1v) is 7.46. The maximum absolute atomic E-state index is 11.2. The van der Waals surface area contributed by atoms with Crippen LogP contribution in [0, 0.1) is 0 Å². The van der Waals surface area contributed by atoms with E-state index < -0.39 is 10.0 Å². The first kappa shape index (κ1) is 12.7. The van der Waals surface area contributed by atoms with E-state index in [2.05, 4.69) is 27.6 Å². The van der Waals surface area contributed by atoms with Crippen LogP contribution in [0.2, 0.25) is 0 Å². The highest BCUT2D eigenvalue weighted by Crippen LogP contribution is 2.09. The molecule has 1 rings (SSSR count). The summed E-state index contributed by atoms with van der Waals surface area (Å²) in [5.41, 5.74) is 2.21. The van der Waals surface area contributed by atoms with Crippen molar-refractivity contribution < 1.29 is 8.42 Å². The number of alkyl halides is 1. The summed E-state index contributed by atoms with van der Waals surface area (Å²) in [5, 5.41) is 0. The van der Waals surface area contributed by atoms with Crippen LogP contribution in [0.4, 0.5) is 0 Å². The number of rotatable bonds is 5. The van der Waals surface area contributed by atoms with Crippen molar-refractivity contribution in [1.82, 2.24) is 4.72 Å². The molecule has 0 saturated carbocycles. The number of hydrogen-bond acceptors (Lipinski definition) is 2. The minimum atomic E-state index is -3.18. The van der Waals surface area contributed by atoms with Gasteiger partial charge in [-0.05, 0) is 17.5 Å². The van der Waals surface area contributed by atoms with Gasteiger partial charge in [0, 0.05) is 6.54 Å². The molecular weight excluding hydrogens is 278 g/mol. The van der Waals surface area contributed by atoms with Crippen LogP contribution in [0.3, 0.4) is 0 Å². The van der Waals surface area contributed by atoms with E-state index in [0.29, 0.717) is 6.54 Å². The van der Waals surface area contributed by atoms with Gasteiger partial charge in [-0.15, -0.1) is 0 Å². The van der Waals surface area contributed by atoms with Crippen LogP contribution in [0.15, 0.2) is 24.3 Å². The van der Waals surface area contributed by atoms with Gasteiger partial charge in [-0.3, -0.25) is 0 Å². The summed E-state index contributed by atoms with van der Waals surface area (Å²) in [6, 6.07) is 7.82. The van der Waals surface area contributed by atoms with Crippen LogP contribution in [0.5, 0.6) is 0 Å². The molecular formula is C10H14BrNO2S. The van der Waals surface area contributed by atoms with Crippen molar-refractivity contribution in [2.45, 2.75) is 19.9 Å². The molecule has 1 aromatic carbocycles. The standard InChI is InChI=1S/C10H14BrNO2S/c1-2-9-5-3-4-6-10(9)7-12-15(13,14)8-11/h3-6,12H,2,7-8H2,1H3. The zero-order chi connectivity index (χ0) is 11.3. The third kappa shape index (κ3) is 3.93. The first-order valence-electron chi connectivity index (χ1n) is 4.69. The molecule has 0 bridgehead atoms. The maximum Gasteiger partial charge on any atom is 0.221 e. The van der Waals surface area contributed by atoms with E-state index in [4.69, 9.17) is 0 Å². The van der Waals surface area contributed by atoms with Crippen molar-refractivity contribution in [3.63, 3.8) is 0 Å². The number of hydrogen-bond donors (Lipinski definition) is 1. The fourth-order valence-corrected chi connectivity index (χ4v) is 2.24. The van der Waals surface area contributed by atoms with Crippen molar-refractivity contribution in [2.75, 3.05) is 4.66 Å². The average molecular weight is 292 g/mol. The molecule has 1 N–H and O–H groups in total. The molecule has 0 radical (unpaired) electrons. The van der Waals surface area contributed by atoms with Gasteiger partial charge < -0.3 is 0 Å². The zero-order valence-electron chi connectivity index (χ0n) is 8.53. The van der Waals surface area contributed by atoms with Crippen molar-refractivity contribution in [3.8, 4) is 0 Å². The molecule has 0 fully saturated rings. The van der Waals surface area contributed by atoms with E-state index in [1.54, 1.807) is 0 Å². The summed E-state index contributed by atoms with van der Waals surface area (Å²) in [4.78, 5) is 0. The molecule has 0 unspecified atom stereocenters. The molecule has 0 aliphatic rings. The van der Waals surface area contributed by atoms with E-state index in [-0.39, 0.29) is 4.66 Å². The number of nitrogens with one attached hydrogen (secondary N) is 1. The van der Waals surface area contributed by atoms with E-state index in [1.807, 2.05) is 24.3 Å². The minimum Gasteiger partial charge on any atom is -0.212 e. The van der Waals surface area contributed by atoms with Crippen molar-refractivity contribution in [2.24, 2.45) is 0 Å². The van der Waals surface area contributed by atoms with Gasteiger partial charge in [-0.1, -0.05) is 47.1 Å². The molecule has 0 atom stereocenters. The summed E-state index contributed by atoms with van der Waals surface area (Å²) in [7, 11) is -3.18. The van der Waals surface area contributed by atoms with Gasteiger partial charge in [0.2, 0.25) is 10.0 Å². The molecule has 0 aliphatic carbocycles. The lowest BCUT2D eigenvalue weighted by Crippen LogP contribution is -2.24. The van der Waals surface area contributed by atoms with Gasteiger partial charge in [-0.25, -0.2) is 13.1 Å². The Labute approximate surface area is 99.1 Å². The molecule has 0 aliphatic heterocycles. The summed E-state index contributed by atoms with van der Waals surface area (Å²) in [5.74, 6) is 0. The van der Waals surface area contributed by atoms with Gasteiger partial charge >= 0.3 is 0 Å². The smallest absolute Gasteiger partial charge is 0.212 e. The Morgan fingerprint density at radius 2 is 1.87 bits per heavy atom. The largest absolute Gasteiger partial charge is 0.221 e. The molecule has 0 spiro atoms.